The molecule has 4 aliphatic rings. The van der Waals surface area contributed by atoms with E-state index in [1.54, 1.807) is 26.1 Å². The molecule has 4 fully saturated rings. The molecule has 488 valence electrons. The molecule has 0 saturated carbocycles. The molecule has 8 N–H and O–H groups in total. The van der Waals surface area contributed by atoms with Gasteiger partial charge in [-0.15, -0.1) is 0 Å². The van der Waals surface area contributed by atoms with E-state index in [0.717, 1.165) is 24.0 Å². The molecule has 4 aromatic carbocycles. The number of aromatic amines is 2. The van der Waals surface area contributed by atoms with Crippen LogP contribution in [0.2, 0.25) is 0 Å². The molecule has 0 spiro atoms. The number of hydrogen-bond donors (Lipinski definition) is 8. The van der Waals surface area contributed by atoms with Crippen molar-refractivity contribution in [2.45, 2.75) is 126 Å². The first-order chi connectivity index (χ1) is 43.0. The number of aliphatic hydroxyl groups excluding tert-OH is 2. The van der Waals surface area contributed by atoms with Gasteiger partial charge in [-0.2, -0.15) is 8.61 Å². The Bertz CT molecular complexity index is 3700. The van der Waals surface area contributed by atoms with Crippen LogP contribution in [0.5, 0.6) is 11.8 Å². The predicted octanol–water partition coefficient (Wildman–Crippen LogP) is 6.84. The van der Waals surface area contributed by atoms with Crippen molar-refractivity contribution in [1.29, 1.82) is 0 Å². The molecule has 0 radical (unpaired) electrons. The lowest BCUT2D eigenvalue weighted by Gasteiger charge is -2.31. The van der Waals surface area contributed by atoms with E-state index in [1.807, 2.05) is 95.3 Å². The normalized spacial score (nSPS) is 21.6. The number of sulfonamides is 2. The van der Waals surface area contributed by atoms with E-state index in [2.05, 4.69) is 30.6 Å². The molecule has 10 unspecified atom stereocenters. The van der Waals surface area contributed by atoms with Crippen molar-refractivity contribution in [3.8, 4) is 11.8 Å². The Morgan fingerprint density at radius 1 is 0.656 bits per heavy atom. The molecular weight excluding hydrogens is 1200 g/mol. The number of alkyl carbamates (subject to hydrolysis) is 2. The van der Waals surface area contributed by atoms with Crippen molar-refractivity contribution in [3.63, 3.8) is 0 Å². The van der Waals surface area contributed by atoms with E-state index in [9.17, 15) is 46.9 Å². The number of H-pyrrole nitrogens is 2. The number of aromatic nitrogens is 2. The van der Waals surface area contributed by atoms with E-state index in [-0.39, 0.29) is 110 Å². The first-order valence-electron chi connectivity index (χ1n) is 30.5. The van der Waals surface area contributed by atoms with Crippen molar-refractivity contribution in [3.05, 3.63) is 119 Å². The summed E-state index contributed by atoms with van der Waals surface area (Å²) < 4.78 is 92.5. The SMILES string of the molecule is CCN=Cc1c(O)[nH]c2ccc(S(=O)(=O)N(CC(C)C)CC(O)C(Cc3ccccc3)NC(=O)OC3COC4OCCC34)cc12.CN=C(C)c1c(O)[nH]c2ccc(S(=O)(=O)N(CC(C)C)CC(O)C(Cc3ccccc3)NC(=O)OC3COC4OCCC34)cc12. The minimum absolute atomic E-state index is 0.00792. The quantitative estimate of drug-likeness (QED) is 0.0272. The Balaban J connectivity index is 0.000000213. The van der Waals surface area contributed by atoms with Crippen molar-refractivity contribution < 1.29 is 75.3 Å². The van der Waals surface area contributed by atoms with Crippen molar-refractivity contribution in [2.24, 2.45) is 33.7 Å². The smallest absolute Gasteiger partial charge is 0.407 e. The fourth-order valence-electron chi connectivity index (χ4n) is 11.8. The van der Waals surface area contributed by atoms with Gasteiger partial charge in [0.1, 0.15) is 12.2 Å². The number of amides is 2. The van der Waals surface area contributed by atoms with Gasteiger partial charge in [-0.3, -0.25) is 9.98 Å². The van der Waals surface area contributed by atoms with Gasteiger partial charge in [-0.05, 0) is 98.9 Å². The summed E-state index contributed by atoms with van der Waals surface area (Å²) in [5.41, 5.74) is 4.20. The average Bonchev–Trinajstić information content (AvgIpc) is 1.54. The third-order valence-electron chi connectivity index (χ3n) is 16.5. The Morgan fingerprint density at radius 2 is 1.10 bits per heavy atom. The second-order valence-electron chi connectivity index (χ2n) is 24.0. The Kier molecular flexibility index (Phi) is 22.5. The number of carbonyl (C=O) groups excluding carboxylic acids is 2. The minimum atomic E-state index is -4.12. The molecule has 10 atom stereocenters. The number of aliphatic imine (C=N–C) groups is 2. The van der Waals surface area contributed by atoms with Crippen LogP contribution in [0.15, 0.2) is 117 Å². The summed E-state index contributed by atoms with van der Waals surface area (Å²) in [5.74, 6) is -0.424. The Hall–Kier alpha value is -6.98. The lowest BCUT2D eigenvalue weighted by molar-refractivity contribution is -0.0909. The number of aromatic hydroxyl groups is 2. The molecular formula is C64H84N8O16S2. The van der Waals surface area contributed by atoms with Gasteiger partial charge in [0.2, 0.25) is 20.0 Å². The molecule has 0 bridgehead atoms. The average molecular weight is 1290 g/mol. The van der Waals surface area contributed by atoms with Gasteiger partial charge >= 0.3 is 12.2 Å². The van der Waals surface area contributed by atoms with Gasteiger partial charge in [-0.1, -0.05) is 88.4 Å². The molecule has 90 heavy (non-hydrogen) atoms. The molecule has 24 nitrogen and oxygen atoms in total. The molecule has 0 aliphatic carbocycles. The fraction of sp³-hybridized carbons (Fsp3) is 0.500. The summed E-state index contributed by atoms with van der Waals surface area (Å²) in [7, 11) is -6.64. The number of aliphatic hydroxyl groups is 2. The van der Waals surface area contributed by atoms with Crippen LogP contribution in [0.25, 0.3) is 21.8 Å². The third-order valence-corrected chi connectivity index (χ3v) is 20.1. The molecule has 26 heteroatoms. The summed E-state index contributed by atoms with van der Waals surface area (Å²) in [6, 6.07) is 26.1. The summed E-state index contributed by atoms with van der Waals surface area (Å²) in [5, 5.41) is 50.6. The highest BCUT2D eigenvalue weighted by atomic mass is 32.2. The molecule has 2 amide bonds. The van der Waals surface area contributed by atoms with Crippen LogP contribution in [-0.4, -0.2) is 195 Å². The number of hydrogen-bond acceptors (Lipinski definition) is 18. The van der Waals surface area contributed by atoms with Crippen molar-refractivity contribution >= 4 is 66.0 Å². The van der Waals surface area contributed by atoms with Crippen LogP contribution in [0.4, 0.5) is 9.59 Å². The molecule has 6 heterocycles. The zero-order valence-corrected chi connectivity index (χ0v) is 53.4. The number of ether oxygens (including phenoxy) is 6. The largest absolute Gasteiger partial charge is 0.494 e. The number of fused-ring (bicyclic) bond motifs is 4. The van der Waals surface area contributed by atoms with Crippen molar-refractivity contribution in [2.75, 3.05) is 66.2 Å². The number of nitrogens with zero attached hydrogens (tertiary/aromatic N) is 4. The maximum atomic E-state index is 14.1. The molecule has 10 rings (SSSR count). The van der Waals surface area contributed by atoms with Crippen LogP contribution in [0, 0.1) is 23.7 Å². The minimum Gasteiger partial charge on any atom is -0.494 e. The monoisotopic (exact) mass is 1280 g/mol. The molecule has 4 aliphatic heterocycles. The highest BCUT2D eigenvalue weighted by molar-refractivity contribution is 7.89. The topological polar surface area (TPSA) is 326 Å². The molecule has 6 aromatic rings. The van der Waals surface area contributed by atoms with Gasteiger partial charge < -0.3 is 69.4 Å². The summed E-state index contributed by atoms with van der Waals surface area (Å²) >= 11 is 0. The number of nitrogens with one attached hydrogen (secondary N) is 4. The van der Waals surface area contributed by atoms with Crippen LogP contribution in [0.1, 0.15) is 76.6 Å². The summed E-state index contributed by atoms with van der Waals surface area (Å²) in [6.07, 6.45) is -2.24. The number of carbonyl (C=O) groups is 2. The lowest BCUT2D eigenvalue weighted by Crippen LogP contribution is -2.51. The lowest BCUT2D eigenvalue weighted by atomic mass is 10.0. The van der Waals surface area contributed by atoms with E-state index in [1.165, 1.54) is 39.1 Å². The van der Waals surface area contributed by atoms with Crippen LogP contribution in [-0.2, 0) is 61.3 Å². The van der Waals surface area contributed by atoms with Gasteiger partial charge in [-0.25, -0.2) is 26.4 Å². The zero-order valence-electron chi connectivity index (χ0n) is 51.7. The van der Waals surface area contributed by atoms with E-state index in [0.29, 0.717) is 58.4 Å². The second kappa shape index (κ2) is 30.0. The summed E-state index contributed by atoms with van der Waals surface area (Å²) in [4.78, 5) is 40.3. The standard InChI is InChI=1S/2C32H42N4O8S/c1-19(2)16-36(45(40,41)22-10-11-25-24(15-22)29(20(3)33-4)30(38)34-25)17-27(37)26(14-21-8-6-5-7-9-21)35-32(39)44-28-18-43-31-23(28)12-13-42-31;1-4-33-16-25-24-15-22(10-11-26(24)34-30(25)38)45(40,41)36(17-20(2)3)18-28(37)27(14-21-8-6-5-7-9-21)35-32(39)44-29-19-43-31-23(29)12-13-42-31/h5-11,15,19,23,26-28,31,34,37-38H,12-14,16-18H2,1-4H3,(H,35,39);5-11,15-16,20,23,27-29,31,34,37-38H,4,12-14,17-19H2,1-3H3,(H,35,39). The number of benzene rings is 4. The number of rotatable bonds is 25. The van der Waals surface area contributed by atoms with Gasteiger partial charge in [0.05, 0.1) is 83.5 Å². The van der Waals surface area contributed by atoms with E-state index < -0.39 is 68.7 Å². The fourth-order valence-corrected chi connectivity index (χ4v) is 15.1. The van der Waals surface area contributed by atoms with Crippen LogP contribution in [0.3, 0.4) is 0 Å². The Labute approximate surface area is 525 Å². The van der Waals surface area contributed by atoms with E-state index in [4.69, 9.17) is 28.4 Å². The van der Waals surface area contributed by atoms with E-state index >= 15 is 0 Å². The van der Waals surface area contributed by atoms with Gasteiger partial charge in [0.15, 0.2) is 24.3 Å². The van der Waals surface area contributed by atoms with Crippen LogP contribution >= 0.6 is 0 Å². The van der Waals surface area contributed by atoms with Crippen LogP contribution < -0.4 is 10.6 Å². The molecule has 2 aromatic heterocycles. The zero-order chi connectivity index (χ0) is 64.4. The van der Waals surface area contributed by atoms with Crippen molar-refractivity contribution in [1.82, 2.24) is 29.2 Å². The maximum Gasteiger partial charge on any atom is 0.407 e. The van der Waals surface area contributed by atoms with Gasteiger partial charge in [0.25, 0.3) is 0 Å². The highest BCUT2D eigenvalue weighted by Gasteiger charge is 2.46. The summed E-state index contributed by atoms with van der Waals surface area (Å²) in [6.45, 7) is 12.9. The van der Waals surface area contributed by atoms with Gasteiger partial charge in [0, 0.05) is 73.5 Å². The second-order valence-corrected chi connectivity index (χ2v) is 27.8. The predicted molar refractivity (Wildman–Crippen MR) is 338 cm³/mol. The maximum absolute atomic E-state index is 14.1. The highest BCUT2D eigenvalue weighted by Crippen LogP contribution is 2.36. The molecule has 4 saturated heterocycles. The Morgan fingerprint density at radius 3 is 1.54 bits per heavy atom. The first kappa shape index (κ1) is 67.4. The first-order valence-corrected chi connectivity index (χ1v) is 33.4. The third kappa shape index (κ3) is 16.2.